The molecular weight excluding hydrogens is 396 g/mol. The molecule has 30 heavy (non-hydrogen) atoms. The van der Waals surface area contributed by atoms with Gasteiger partial charge in [0.15, 0.2) is 4.80 Å². The average Bonchev–Trinajstić information content (AvgIpc) is 3.08. The first-order valence-electron chi connectivity index (χ1n) is 9.47. The number of thiazole rings is 1. The fraction of sp³-hybridized carbons (Fsp3) is 0.125. The molecule has 0 fully saturated rings. The first kappa shape index (κ1) is 19.8. The van der Waals surface area contributed by atoms with E-state index in [1.165, 1.54) is 18.4 Å². The Hall–Kier alpha value is -3.51. The highest BCUT2D eigenvalue weighted by molar-refractivity contribution is 7.07. The molecule has 0 saturated heterocycles. The monoisotopic (exact) mass is 416 g/mol. The van der Waals surface area contributed by atoms with Gasteiger partial charge in [-0.25, -0.2) is 9.79 Å². The van der Waals surface area contributed by atoms with Crippen molar-refractivity contribution in [2.45, 2.75) is 13.0 Å². The number of carbonyl (C=O) groups is 1. The van der Waals surface area contributed by atoms with Gasteiger partial charge in [0.25, 0.3) is 5.56 Å². The van der Waals surface area contributed by atoms with Crippen molar-refractivity contribution >= 4 is 29.5 Å². The number of hydrogen-bond acceptors (Lipinski definition) is 5. The van der Waals surface area contributed by atoms with E-state index in [4.69, 9.17) is 4.74 Å². The number of methoxy groups -OCH3 is 1. The van der Waals surface area contributed by atoms with Crippen LogP contribution >= 0.6 is 11.3 Å². The van der Waals surface area contributed by atoms with Crippen LogP contribution < -0.4 is 14.9 Å². The molecule has 1 atom stereocenters. The molecule has 1 aliphatic rings. The van der Waals surface area contributed by atoms with Gasteiger partial charge in [-0.15, -0.1) is 0 Å². The van der Waals surface area contributed by atoms with Crippen molar-refractivity contribution in [2.75, 3.05) is 7.11 Å². The van der Waals surface area contributed by atoms with Crippen molar-refractivity contribution < 1.29 is 9.53 Å². The van der Waals surface area contributed by atoms with Gasteiger partial charge in [-0.2, -0.15) is 0 Å². The minimum atomic E-state index is -0.574. The highest BCUT2D eigenvalue weighted by Gasteiger charge is 2.32. The van der Waals surface area contributed by atoms with Gasteiger partial charge in [-0.1, -0.05) is 84.2 Å². The Morgan fingerprint density at radius 2 is 1.77 bits per heavy atom. The Kier molecular flexibility index (Phi) is 5.59. The zero-order valence-electron chi connectivity index (χ0n) is 16.6. The Morgan fingerprint density at radius 3 is 2.43 bits per heavy atom. The third-order valence-electron chi connectivity index (χ3n) is 4.88. The molecule has 0 N–H and O–H groups in total. The van der Waals surface area contributed by atoms with Crippen molar-refractivity contribution in [3.63, 3.8) is 0 Å². The van der Waals surface area contributed by atoms with E-state index in [1.807, 2.05) is 72.8 Å². The van der Waals surface area contributed by atoms with Crippen LogP contribution in [0, 0.1) is 0 Å². The summed E-state index contributed by atoms with van der Waals surface area (Å²) >= 11 is 1.31. The normalized spacial score (nSPS) is 16.5. The molecule has 0 saturated carbocycles. The molecule has 0 aliphatic carbocycles. The lowest BCUT2D eigenvalue weighted by molar-refractivity contribution is -0.136. The maximum atomic E-state index is 13.3. The summed E-state index contributed by atoms with van der Waals surface area (Å²) in [6, 6.07) is 18.8. The molecule has 3 aromatic rings. The van der Waals surface area contributed by atoms with E-state index < -0.39 is 12.0 Å². The smallest absolute Gasteiger partial charge is 0.338 e. The van der Waals surface area contributed by atoms with Crippen LogP contribution in [0.15, 0.2) is 87.8 Å². The summed E-state index contributed by atoms with van der Waals surface area (Å²) in [4.78, 5) is 30.9. The van der Waals surface area contributed by atoms with Gasteiger partial charge in [-0.05, 0) is 24.1 Å². The zero-order chi connectivity index (χ0) is 21.1. The van der Waals surface area contributed by atoms with Crippen molar-refractivity contribution in [2.24, 2.45) is 4.99 Å². The van der Waals surface area contributed by atoms with Crippen LogP contribution in [0.5, 0.6) is 0 Å². The third kappa shape index (κ3) is 3.69. The van der Waals surface area contributed by atoms with Crippen LogP contribution in [0.3, 0.4) is 0 Å². The van der Waals surface area contributed by atoms with Crippen LogP contribution in [-0.2, 0) is 9.53 Å². The van der Waals surface area contributed by atoms with E-state index in [2.05, 4.69) is 4.99 Å². The first-order chi connectivity index (χ1) is 14.6. The van der Waals surface area contributed by atoms with Crippen LogP contribution in [0.4, 0.5) is 0 Å². The van der Waals surface area contributed by atoms with Crippen LogP contribution in [0.2, 0.25) is 0 Å². The predicted molar refractivity (Wildman–Crippen MR) is 119 cm³/mol. The quantitative estimate of drug-likeness (QED) is 0.614. The Morgan fingerprint density at radius 1 is 1.10 bits per heavy atom. The summed E-state index contributed by atoms with van der Waals surface area (Å²) in [7, 11) is 1.34. The van der Waals surface area contributed by atoms with Crippen molar-refractivity contribution in [1.82, 2.24) is 4.57 Å². The van der Waals surface area contributed by atoms with Crippen LogP contribution in [0.1, 0.15) is 24.1 Å². The molecule has 0 bridgehead atoms. The molecule has 2 heterocycles. The molecule has 5 nitrogen and oxygen atoms in total. The first-order valence-corrected chi connectivity index (χ1v) is 10.3. The minimum absolute atomic E-state index is 0.181. The molecule has 0 amide bonds. The maximum absolute atomic E-state index is 13.3. The number of benzene rings is 2. The molecule has 4 rings (SSSR count). The van der Waals surface area contributed by atoms with Crippen LogP contribution in [0.25, 0.3) is 12.2 Å². The van der Waals surface area contributed by atoms with E-state index in [9.17, 15) is 9.59 Å². The molecule has 0 radical (unpaired) electrons. The molecule has 0 spiro atoms. The molecule has 2 aromatic carbocycles. The van der Waals surface area contributed by atoms with Gasteiger partial charge in [0.2, 0.25) is 0 Å². The summed E-state index contributed by atoms with van der Waals surface area (Å²) in [6.45, 7) is 1.77. The van der Waals surface area contributed by atoms with Crippen molar-refractivity contribution in [1.29, 1.82) is 0 Å². The number of fused-ring (bicyclic) bond motifs is 1. The Labute approximate surface area is 177 Å². The highest BCUT2D eigenvalue weighted by Crippen LogP contribution is 2.30. The molecular formula is C24H20N2O3S. The number of allylic oxidation sites excluding steroid dienone is 2. The number of carbonyl (C=O) groups excluding carboxylic acids is 1. The second kappa shape index (κ2) is 8.47. The minimum Gasteiger partial charge on any atom is -0.466 e. The van der Waals surface area contributed by atoms with Gasteiger partial charge in [0.05, 0.1) is 29.0 Å². The Balaban J connectivity index is 1.87. The maximum Gasteiger partial charge on any atom is 0.338 e. The van der Waals surface area contributed by atoms with Gasteiger partial charge in [-0.3, -0.25) is 9.36 Å². The second-order valence-electron chi connectivity index (χ2n) is 6.78. The van der Waals surface area contributed by atoms with Crippen molar-refractivity contribution in [3.8, 4) is 0 Å². The molecule has 150 valence electrons. The molecule has 6 heteroatoms. The summed E-state index contributed by atoms with van der Waals surface area (Å²) < 4.78 is 7.14. The second-order valence-corrected chi connectivity index (χ2v) is 7.79. The van der Waals surface area contributed by atoms with E-state index >= 15 is 0 Å². The summed E-state index contributed by atoms with van der Waals surface area (Å²) in [5.41, 5.74) is 2.64. The lowest BCUT2D eigenvalue weighted by Gasteiger charge is -2.24. The van der Waals surface area contributed by atoms with Crippen molar-refractivity contribution in [3.05, 3.63) is 109 Å². The lowest BCUT2D eigenvalue weighted by atomic mass is 9.96. The highest BCUT2D eigenvalue weighted by atomic mass is 32.1. The number of aromatic nitrogens is 1. The molecule has 1 aromatic heterocycles. The summed E-state index contributed by atoms with van der Waals surface area (Å²) in [5, 5.41) is 0. The van der Waals surface area contributed by atoms with E-state index in [1.54, 1.807) is 17.6 Å². The fourth-order valence-electron chi connectivity index (χ4n) is 3.47. The number of nitrogens with zero attached hydrogens (tertiary/aromatic N) is 2. The molecule has 1 aliphatic heterocycles. The number of esters is 1. The summed E-state index contributed by atoms with van der Waals surface area (Å²) in [5.74, 6) is -0.483. The lowest BCUT2D eigenvalue weighted by Crippen LogP contribution is -2.39. The number of ether oxygens (including phenoxy) is 1. The predicted octanol–water partition coefficient (Wildman–Crippen LogP) is 3.07. The largest absolute Gasteiger partial charge is 0.466 e. The SMILES string of the molecule is COC(=O)C1=C(C)N=c2sc(=C/C=C/c3ccccc3)c(=O)n2[C@@H]1c1ccccc1. The number of rotatable bonds is 4. The molecule has 0 unspecified atom stereocenters. The van der Waals surface area contributed by atoms with Crippen LogP contribution in [-0.4, -0.2) is 17.6 Å². The van der Waals surface area contributed by atoms with E-state index in [0.29, 0.717) is 20.6 Å². The van der Waals surface area contributed by atoms with Gasteiger partial charge in [0, 0.05) is 0 Å². The summed E-state index contributed by atoms with van der Waals surface area (Å²) in [6.07, 6.45) is 5.58. The van der Waals surface area contributed by atoms with Gasteiger partial charge < -0.3 is 4.74 Å². The topological polar surface area (TPSA) is 60.7 Å². The third-order valence-corrected chi connectivity index (χ3v) is 5.88. The number of hydrogen-bond donors (Lipinski definition) is 0. The van der Waals surface area contributed by atoms with E-state index in [-0.39, 0.29) is 5.56 Å². The standard InChI is InChI=1S/C24H20N2O3S/c1-16-20(23(28)29-2)21(18-13-7-4-8-14-18)26-22(27)19(30-24(26)25-16)15-9-12-17-10-5-3-6-11-17/h3-15,21H,1-2H3/b12-9+,19-15?/t21-/m1/s1. The zero-order valence-corrected chi connectivity index (χ0v) is 17.4. The van der Waals surface area contributed by atoms with E-state index in [0.717, 1.165) is 11.1 Å². The van der Waals surface area contributed by atoms with Gasteiger partial charge >= 0.3 is 5.97 Å². The Bertz CT molecular complexity index is 1320. The average molecular weight is 417 g/mol. The van der Waals surface area contributed by atoms with Gasteiger partial charge in [0.1, 0.15) is 0 Å². The fourth-order valence-corrected chi connectivity index (χ4v) is 4.47.